The zero-order chi connectivity index (χ0) is 9.64. The predicted molar refractivity (Wildman–Crippen MR) is 47.6 cm³/mol. The van der Waals surface area contributed by atoms with E-state index in [0.29, 0.717) is 6.04 Å². The van der Waals surface area contributed by atoms with Crippen LogP contribution in [-0.4, -0.2) is 13.0 Å². The van der Waals surface area contributed by atoms with Crippen molar-refractivity contribution in [3.05, 3.63) is 34.7 Å². The zero-order valence-electron chi connectivity index (χ0n) is 7.03. The minimum atomic E-state index is -4.07. The minimum Gasteiger partial charge on any atom is -0.287 e. The summed E-state index contributed by atoms with van der Waals surface area (Å²) >= 11 is 0. The van der Waals surface area contributed by atoms with E-state index in [0.717, 1.165) is 18.0 Å². The average molecular weight is 199 g/mol. The first-order valence-electron chi connectivity index (χ1n) is 3.94. The SMILES string of the molecule is CCC1=C[C]2N[C]1C=C2S(=O)(=O)O. The highest BCUT2D eigenvalue weighted by molar-refractivity contribution is 7.90. The number of nitrogens with one attached hydrogen (secondary N) is 1. The Morgan fingerprint density at radius 3 is 2.46 bits per heavy atom. The fraction of sp³-hybridized carbons (Fsp3) is 0.250. The van der Waals surface area contributed by atoms with Gasteiger partial charge in [-0.2, -0.15) is 8.42 Å². The highest BCUT2D eigenvalue weighted by Gasteiger charge is 2.39. The van der Waals surface area contributed by atoms with Gasteiger partial charge in [-0.3, -0.25) is 9.87 Å². The van der Waals surface area contributed by atoms with Crippen molar-refractivity contribution in [1.29, 1.82) is 0 Å². The maximum Gasteiger partial charge on any atom is 0.292 e. The summed E-state index contributed by atoms with van der Waals surface area (Å²) in [5.41, 5.74) is 1.07. The van der Waals surface area contributed by atoms with Gasteiger partial charge in [0.1, 0.15) is 6.04 Å². The molecule has 0 atom stereocenters. The van der Waals surface area contributed by atoms with Crippen molar-refractivity contribution >= 4 is 10.1 Å². The van der Waals surface area contributed by atoms with Gasteiger partial charge in [-0.1, -0.05) is 13.0 Å². The summed E-state index contributed by atoms with van der Waals surface area (Å²) in [5, 5.41) is 2.89. The van der Waals surface area contributed by atoms with Gasteiger partial charge < -0.3 is 0 Å². The van der Waals surface area contributed by atoms with Crippen LogP contribution in [0.15, 0.2) is 22.6 Å². The molecule has 13 heavy (non-hydrogen) atoms. The number of hydrogen-bond acceptors (Lipinski definition) is 3. The summed E-state index contributed by atoms with van der Waals surface area (Å²) in [4.78, 5) is -0.0281. The van der Waals surface area contributed by atoms with E-state index in [9.17, 15) is 8.42 Å². The van der Waals surface area contributed by atoms with Crippen LogP contribution in [0.5, 0.6) is 0 Å². The Bertz CT molecular complexity index is 394. The lowest BCUT2D eigenvalue weighted by atomic mass is 10.0. The third-order valence-corrected chi connectivity index (χ3v) is 3.03. The van der Waals surface area contributed by atoms with Crippen LogP contribution in [0.2, 0.25) is 0 Å². The largest absolute Gasteiger partial charge is 0.292 e. The van der Waals surface area contributed by atoms with E-state index in [1.54, 1.807) is 6.08 Å². The Morgan fingerprint density at radius 1 is 1.38 bits per heavy atom. The summed E-state index contributed by atoms with van der Waals surface area (Å²) < 4.78 is 30.4. The van der Waals surface area contributed by atoms with E-state index in [-0.39, 0.29) is 4.91 Å². The van der Waals surface area contributed by atoms with Gasteiger partial charge in [0.25, 0.3) is 10.1 Å². The molecule has 5 heteroatoms. The van der Waals surface area contributed by atoms with Gasteiger partial charge in [0.2, 0.25) is 0 Å². The fourth-order valence-electron chi connectivity index (χ4n) is 1.49. The molecule has 70 valence electrons. The molecule has 0 amide bonds. The lowest BCUT2D eigenvalue weighted by Crippen LogP contribution is -2.14. The normalized spacial score (nSPS) is 23.5. The first-order chi connectivity index (χ1) is 6.02. The summed E-state index contributed by atoms with van der Waals surface area (Å²) in [6.07, 6.45) is 4.06. The van der Waals surface area contributed by atoms with Crippen molar-refractivity contribution in [3.63, 3.8) is 0 Å². The molecule has 0 spiro atoms. The summed E-state index contributed by atoms with van der Waals surface area (Å²) in [6.45, 7) is 1.99. The van der Waals surface area contributed by atoms with Crippen LogP contribution in [0.25, 0.3) is 0 Å². The molecule has 0 fully saturated rings. The van der Waals surface area contributed by atoms with E-state index in [1.807, 2.05) is 6.92 Å². The second-order valence-electron chi connectivity index (χ2n) is 2.96. The maximum absolute atomic E-state index is 10.8. The number of hydrogen-bond donors (Lipinski definition) is 2. The molecule has 0 aliphatic carbocycles. The molecule has 2 rings (SSSR count). The first kappa shape index (κ1) is 8.93. The van der Waals surface area contributed by atoms with Crippen molar-refractivity contribution < 1.29 is 13.0 Å². The number of rotatable bonds is 2. The van der Waals surface area contributed by atoms with E-state index in [2.05, 4.69) is 5.32 Å². The quantitative estimate of drug-likeness (QED) is 0.645. The molecule has 2 bridgehead atoms. The van der Waals surface area contributed by atoms with E-state index >= 15 is 0 Å². The second kappa shape index (κ2) is 2.67. The third-order valence-electron chi connectivity index (χ3n) is 2.13. The first-order valence-corrected chi connectivity index (χ1v) is 5.38. The van der Waals surface area contributed by atoms with E-state index in [1.165, 1.54) is 6.08 Å². The predicted octanol–water partition coefficient (Wildman–Crippen LogP) is 0.775. The minimum absolute atomic E-state index is 0.0281. The molecular formula is C8H9NO3S. The van der Waals surface area contributed by atoms with Crippen molar-refractivity contribution in [3.8, 4) is 0 Å². The lowest BCUT2D eigenvalue weighted by molar-refractivity contribution is 0.491. The smallest absolute Gasteiger partial charge is 0.287 e. The molecule has 0 aromatic carbocycles. The topological polar surface area (TPSA) is 66.4 Å². The van der Waals surface area contributed by atoms with Crippen molar-refractivity contribution in [2.45, 2.75) is 13.3 Å². The monoisotopic (exact) mass is 199 g/mol. The highest BCUT2D eigenvalue weighted by Crippen LogP contribution is 2.40. The van der Waals surface area contributed by atoms with Crippen molar-refractivity contribution in [1.82, 2.24) is 5.32 Å². The molecule has 0 aromatic heterocycles. The average Bonchev–Trinajstić information content (AvgIpc) is 2.59. The van der Waals surface area contributed by atoms with Gasteiger partial charge in [0.05, 0.1) is 10.9 Å². The Hall–Kier alpha value is -0.650. The van der Waals surface area contributed by atoms with Gasteiger partial charge in [0, 0.05) is 0 Å². The third kappa shape index (κ3) is 1.33. The molecule has 2 N–H and O–H groups in total. The molecule has 2 radical (unpaired) electrons. The Kier molecular flexibility index (Phi) is 1.83. The zero-order valence-corrected chi connectivity index (χ0v) is 7.85. The van der Waals surface area contributed by atoms with Crippen LogP contribution in [0.4, 0.5) is 0 Å². The van der Waals surface area contributed by atoms with Gasteiger partial charge >= 0.3 is 0 Å². The molecule has 2 heterocycles. The molecule has 0 saturated heterocycles. The summed E-state index contributed by atoms with van der Waals surface area (Å²) in [7, 11) is -4.07. The molecule has 2 aliphatic heterocycles. The van der Waals surface area contributed by atoms with Gasteiger partial charge in [-0.05, 0) is 18.1 Å². The van der Waals surface area contributed by atoms with Crippen LogP contribution in [-0.2, 0) is 10.1 Å². The second-order valence-corrected chi connectivity index (χ2v) is 4.35. The molecule has 4 nitrogen and oxygen atoms in total. The van der Waals surface area contributed by atoms with Gasteiger partial charge in [-0.25, -0.2) is 0 Å². The Labute approximate surface area is 77.1 Å². The van der Waals surface area contributed by atoms with Crippen molar-refractivity contribution in [2.75, 3.05) is 0 Å². The number of fused-ring (bicyclic) bond motifs is 2. The molecule has 2 aliphatic rings. The van der Waals surface area contributed by atoms with Crippen LogP contribution in [0.3, 0.4) is 0 Å². The van der Waals surface area contributed by atoms with Crippen LogP contribution in [0, 0.1) is 12.1 Å². The fourth-order valence-corrected chi connectivity index (χ4v) is 2.14. The molecular weight excluding hydrogens is 190 g/mol. The Balaban J connectivity index is 2.31. The summed E-state index contributed by atoms with van der Waals surface area (Å²) in [5.74, 6) is 0. The standard InChI is InChI=1S/C8H9NO3S/c1-2-5-3-7-8(13(10,11)12)4-6(5)9-7/h3-4,9H,2H2,1H3,(H,10,11,12). The van der Waals surface area contributed by atoms with Crippen molar-refractivity contribution in [2.24, 2.45) is 0 Å². The molecule has 0 unspecified atom stereocenters. The van der Waals surface area contributed by atoms with Crippen LogP contribution >= 0.6 is 0 Å². The Morgan fingerprint density at radius 2 is 2.08 bits per heavy atom. The van der Waals surface area contributed by atoms with Gasteiger partial charge in [-0.15, -0.1) is 0 Å². The van der Waals surface area contributed by atoms with E-state index < -0.39 is 10.1 Å². The van der Waals surface area contributed by atoms with Crippen LogP contribution in [0.1, 0.15) is 13.3 Å². The van der Waals surface area contributed by atoms with E-state index in [4.69, 9.17) is 4.55 Å². The highest BCUT2D eigenvalue weighted by atomic mass is 32.2. The van der Waals surface area contributed by atoms with Gasteiger partial charge in [0.15, 0.2) is 0 Å². The molecule has 0 saturated carbocycles. The molecule has 0 aromatic rings. The summed E-state index contributed by atoms with van der Waals surface area (Å²) in [6, 6.07) is 1.26. The maximum atomic E-state index is 10.8. The lowest BCUT2D eigenvalue weighted by Gasteiger charge is -2.06. The van der Waals surface area contributed by atoms with Crippen LogP contribution < -0.4 is 5.32 Å².